The zero-order valence-electron chi connectivity index (χ0n) is 9.59. The first kappa shape index (κ1) is 13.2. The molecule has 1 saturated heterocycles. The summed E-state index contributed by atoms with van der Waals surface area (Å²) in [4.78, 5) is 9.08. The van der Waals surface area contributed by atoms with Crippen molar-refractivity contribution in [2.45, 2.75) is 6.54 Å². The number of halogens is 1. The van der Waals surface area contributed by atoms with E-state index in [0.717, 1.165) is 37.6 Å². The van der Waals surface area contributed by atoms with E-state index in [9.17, 15) is 0 Å². The molecule has 0 saturated carbocycles. The second-order valence-corrected chi connectivity index (χ2v) is 4.02. The minimum absolute atomic E-state index is 0. The van der Waals surface area contributed by atoms with Gasteiger partial charge in [-0.3, -0.25) is 0 Å². The van der Waals surface area contributed by atoms with Crippen LogP contribution in [0.15, 0.2) is 18.3 Å². The van der Waals surface area contributed by atoms with Crippen LogP contribution in [0.3, 0.4) is 0 Å². The van der Waals surface area contributed by atoms with Gasteiger partial charge in [0.25, 0.3) is 0 Å². The van der Waals surface area contributed by atoms with Crippen molar-refractivity contribution in [2.24, 2.45) is 5.73 Å². The lowest BCUT2D eigenvalue weighted by Crippen LogP contribution is -2.44. The normalized spacial score (nSPS) is 17.0. The number of piperazine rings is 1. The topological polar surface area (TPSA) is 45.4 Å². The zero-order valence-corrected chi connectivity index (χ0v) is 10.4. The number of pyridine rings is 1. The van der Waals surface area contributed by atoms with Crippen molar-refractivity contribution >= 4 is 18.2 Å². The van der Waals surface area contributed by atoms with Crippen molar-refractivity contribution in [2.75, 3.05) is 38.1 Å². The van der Waals surface area contributed by atoms with Gasteiger partial charge in [0.15, 0.2) is 0 Å². The van der Waals surface area contributed by atoms with Gasteiger partial charge in [-0.25, -0.2) is 4.98 Å². The molecule has 1 aliphatic heterocycles. The molecule has 0 atom stereocenters. The molecule has 1 aliphatic rings. The summed E-state index contributed by atoms with van der Waals surface area (Å²) in [6, 6.07) is 4.12. The standard InChI is InChI=1S/C11H18N4.ClH/c1-14-4-6-15(7-5-14)11-3-2-10(8-12)9-13-11;/h2-3,9H,4-8,12H2,1H3;1H. The fourth-order valence-corrected chi connectivity index (χ4v) is 1.76. The number of nitrogens with two attached hydrogens (primary N) is 1. The third-order valence-electron chi connectivity index (χ3n) is 2.87. The van der Waals surface area contributed by atoms with Gasteiger partial charge in [0.2, 0.25) is 0 Å². The Bertz CT molecular complexity index is 306. The molecule has 1 aromatic heterocycles. The molecule has 1 fully saturated rings. The average Bonchev–Trinajstić information content (AvgIpc) is 2.30. The van der Waals surface area contributed by atoms with Crippen LogP contribution in [0.2, 0.25) is 0 Å². The highest BCUT2D eigenvalue weighted by Gasteiger charge is 2.14. The van der Waals surface area contributed by atoms with Crippen molar-refractivity contribution in [1.29, 1.82) is 0 Å². The van der Waals surface area contributed by atoms with Crippen molar-refractivity contribution in [3.63, 3.8) is 0 Å². The quantitative estimate of drug-likeness (QED) is 0.830. The maximum atomic E-state index is 5.54. The highest BCUT2D eigenvalue weighted by atomic mass is 35.5. The largest absolute Gasteiger partial charge is 0.354 e. The van der Waals surface area contributed by atoms with E-state index in [4.69, 9.17) is 5.73 Å². The maximum Gasteiger partial charge on any atom is 0.128 e. The van der Waals surface area contributed by atoms with Crippen molar-refractivity contribution in [3.05, 3.63) is 23.9 Å². The van der Waals surface area contributed by atoms with Gasteiger partial charge >= 0.3 is 0 Å². The number of rotatable bonds is 2. The number of likely N-dealkylation sites (N-methyl/N-ethyl adjacent to an activating group) is 1. The second-order valence-electron chi connectivity index (χ2n) is 4.02. The lowest BCUT2D eigenvalue weighted by Gasteiger charge is -2.33. The molecule has 1 aromatic rings. The SMILES string of the molecule is CN1CCN(c2ccc(CN)cn2)CC1.Cl. The highest BCUT2D eigenvalue weighted by Crippen LogP contribution is 2.13. The second kappa shape index (κ2) is 6.03. The first-order chi connectivity index (χ1) is 7.29. The lowest BCUT2D eigenvalue weighted by atomic mass is 10.2. The van der Waals surface area contributed by atoms with Crippen LogP contribution in [0.5, 0.6) is 0 Å². The Morgan fingerprint density at radius 2 is 1.94 bits per heavy atom. The van der Waals surface area contributed by atoms with Crippen LogP contribution < -0.4 is 10.6 Å². The molecule has 90 valence electrons. The molecular weight excluding hydrogens is 224 g/mol. The van der Waals surface area contributed by atoms with Gasteiger partial charge in [0.05, 0.1) is 0 Å². The van der Waals surface area contributed by atoms with E-state index in [2.05, 4.69) is 34.0 Å². The van der Waals surface area contributed by atoms with E-state index in [-0.39, 0.29) is 12.4 Å². The Labute approximate surface area is 103 Å². The fourth-order valence-electron chi connectivity index (χ4n) is 1.76. The molecule has 2 rings (SSSR count). The Kier molecular flexibility index (Phi) is 4.99. The lowest BCUT2D eigenvalue weighted by molar-refractivity contribution is 0.312. The zero-order chi connectivity index (χ0) is 10.7. The van der Waals surface area contributed by atoms with E-state index in [1.807, 2.05) is 6.20 Å². The highest BCUT2D eigenvalue weighted by molar-refractivity contribution is 5.85. The number of aromatic nitrogens is 1. The predicted molar refractivity (Wildman–Crippen MR) is 69.1 cm³/mol. The van der Waals surface area contributed by atoms with E-state index >= 15 is 0 Å². The summed E-state index contributed by atoms with van der Waals surface area (Å²) < 4.78 is 0. The summed E-state index contributed by atoms with van der Waals surface area (Å²) in [6.07, 6.45) is 1.87. The van der Waals surface area contributed by atoms with Gasteiger partial charge in [0.1, 0.15) is 5.82 Å². The van der Waals surface area contributed by atoms with Crippen molar-refractivity contribution in [3.8, 4) is 0 Å². The number of nitrogens with zero attached hydrogens (tertiary/aromatic N) is 3. The molecule has 0 bridgehead atoms. The Morgan fingerprint density at radius 1 is 1.25 bits per heavy atom. The maximum absolute atomic E-state index is 5.54. The molecule has 0 aromatic carbocycles. The molecule has 2 N–H and O–H groups in total. The minimum Gasteiger partial charge on any atom is -0.354 e. The fraction of sp³-hybridized carbons (Fsp3) is 0.545. The van der Waals surface area contributed by atoms with Gasteiger partial charge in [-0.05, 0) is 18.7 Å². The van der Waals surface area contributed by atoms with Crippen LogP contribution in [0.4, 0.5) is 5.82 Å². The number of hydrogen-bond acceptors (Lipinski definition) is 4. The van der Waals surface area contributed by atoms with Crippen molar-refractivity contribution < 1.29 is 0 Å². The molecule has 2 heterocycles. The van der Waals surface area contributed by atoms with Crippen LogP contribution in [0.1, 0.15) is 5.56 Å². The van der Waals surface area contributed by atoms with Gasteiger partial charge in [-0.15, -0.1) is 12.4 Å². The number of hydrogen-bond donors (Lipinski definition) is 1. The summed E-state index contributed by atoms with van der Waals surface area (Å²) in [5.74, 6) is 1.07. The number of anilines is 1. The Morgan fingerprint density at radius 3 is 2.44 bits per heavy atom. The third-order valence-corrected chi connectivity index (χ3v) is 2.87. The van der Waals surface area contributed by atoms with Gasteiger partial charge in [-0.1, -0.05) is 6.07 Å². The average molecular weight is 243 g/mol. The smallest absolute Gasteiger partial charge is 0.128 e. The van der Waals surface area contributed by atoms with Crippen LogP contribution >= 0.6 is 12.4 Å². The molecule has 5 heteroatoms. The molecular formula is C11H19ClN4. The van der Waals surface area contributed by atoms with Crippen LogP contribution in [0.25, 0.3) is 0 Å². The first-order valence-electron chi connectivity index (χ1n) is 5.38. The van der Waals surface area contributed by atoms with E-state index in [1.54, 1.807) is 0 Å². The van der Waals surface area contributed by atoms with Crippen LogP contribution in [-0.2, 0) is 6.54 Å². The third kappa shape index (κ3) is 3.07. The molecule has 0 radical (unpaired) electrons. The summed E-state index contributed by atoms with van der Waals surface area (Å²) in [6.45, 7) is 4.91. The summed E-state index contributed by atoms with van der Waals surface area (Å²) in [7, 11) is 2.16. The monoisotopic (exact) mass is 242 g/mol. The molecule has 0 aliphatic carbocycles. The first-order valence-corrected chi connectivity index (χ1v) is 5.38. The Balaban J connectivity index is 0.00000128. The summed E-state index contributed by atoms with van der Waals surface area (Å²) in [5, 5.41) is 0. The molecule has 0 amide bonds. The van der Waals surface area contributed by atoms with Gasteiger partial charge in [-0.2, -0.15) is 0 Å². The van der Waals surface area contributed by atoms with E-state index < -0.39 is 0 Å². The van der Waals surface area contributed by atoms with Gasteiger partial charge < -0.3 is 15.5 Å². The van der Waals surface area contributed by atoms with E-state index in [0.29, 0.717) is 6.54 Å². The molecule has 4 nitrogen and oxygen atoms in total. The molecule has 16 heavy (non-hydrogen) atoms. The minimum atomic E-state index is 0. The van der Waals surface area contributed by atoms with Crippen LogP contribution in [0, 0.1) is 0 Å². The summed E-state index contributed by atoms with van der Waals surface area (Å²) >= 11 is 0. The van der Waals surface area contributed by atoms with E-state index in [1.165, 1.54) is 0 Å². The predicted octanol–water partition coefficient (Wildman–Crippen LogP) is 0.714. The van der Waals surface area contributed by atoms with Crippen LogP contribution in [-0.4, -0.2) is 43.1 Å². The Hall–Kier alpha value is -0.840. The van der Waals surface area contributed by atoms with Gasteiger partial charge in [0, 0.05) is 38.9 Å². The van der Waals surface area contributed by atoms with Crippen molar-refractivity contribution in [1.82, 2.24) is 9.88 Å². The molecule has 0 spiro atoms. The molecule has 0 unspecified atom stereocenters. The summed E-state index contributed by atoms with van der Waals surface area (Å²) in [5.41, 5.74) is 6.63.